The highest BCUT2D eigenvalue weighted by Crippen LogP contribution is 2.33. The molecule has 116 valence electrons. The lowest BCUT2D eigenvalue weighted by atomic mass is 10.1. The second-order valence-electron chi connectivity index (χ2n) is 4.99. The number of hydrogen-bond donors (Lipinski definition) is 2. The fourth-order valence-electron chi connectivity index (χ4n) is 2.08. The molecule has 0 saturated carbocycles. The molecular formula is C15H22N2O4. The molecule has 2 N–H and O–H groups in total. The van der Waals surface area contributed by atoms with Crippen molar-refractivity contribution in [3.8, 4) is 5.75 Å². The molecule has 0 aromatic heterocycles. The van der Waals surface area contributed by atoms with E-state index in [0.717, 1.165) is 19.3 Å². The van der Waals surface area contributed by atoms with E-state index < -0.39 is 4.92 Å². The second kappa shape index (κ2) is 8.94. The van der Waals surface area contributed by atoms with Crippen molar-refractivity contribution in [2.45, 2.75) is 51.9 Å². The Balaban J connectivity index is 2.46. The Morgan fingerprint density at radius 3 is 2.57 bits per heavy atom. The van der Waals surface area contributed by atoms with Crippen molar-refractivity contribution < 1.29 is 14.8 Å². The topological polar surface area (TPSA) is 92.5 Å². The number of rotatable bonds is 9. The van der Waals surface area contributed by atoms with Gasteiger partial charge in [0.2, 0.25) is 5.91 Å². The molecule has 6 heteroatoms. The maximum absolute atomic E-state index is 11.8. The number of carbonyl (C=O) groups excluding carboxylic acids is 1. The number of nitrogens with zero attached hydrogens (tertiary/aromatic N) is 1. The van der Waals surface area contributed by atoms with E-state index in [4.69, 9.17) is 0 Å². The van der Waals surface area contributed by atoms with E-state index in [1.807, 2.05) is 0 Å². The number of nitro benzene ring substituents is 1. The van der Waals surface area contributed by atoms with Crippen molar-refractivity contribution in [2.75, 3.05) is 5.32 Å². The van der Waals surface area contributed by atoms with Crippen LogP contribution in [-0.4, -0.2) is 15.9 Å². The predicted octanol–water partition coefficient (Wildman–Crippen LogP) is 3.99. The number of hydrogen-bond acceptors (Lipinski definition) is 4. The summed E-state index contributed by atoms with van der Waals surface area (Å²) in [6.07, 6.45) is 6.67. The van der Waals surface area contributed by atoms with E-state index in [1.165, 1.54) is 37.5 Å². The first-order chi connectivity index (χ1) is 10.1. The minimum atomic E-state index is -0.625. The standard InChI is InChI=1S/C15H22N2O4/c1-2-3-4-5-6-7-11-14(19)16-15-12(17(20)21)9-8-10-13(15)18/h8-10,18H,2-7,11H2,1H3,(H,16,19). The first-order valence-corrected chi connectivity index (χ1v) is 7.32. The van der Waals surface area contributed by atoms with E-state index in [2.05, 4.69) is 12.2 Å². The van der Waals surface area contributed by atoms with Crippen LogP contribution in [0.5, 0.6) is 5.75 Å². The molecule has 0 fully saturated rings. The van der Waals surface area contributed by atoms with Gasteiger partial charge < -0.3 is 10.4 Å². The van der Waals surface area contributed by atoms with E-state index in [1.54, 1.807) is 0 Å². The van der Waals surface area contributed by atoms with Crippen LogP contribution in [0.2, 0.25) is 0 Å². The minimum absolute atomic E-state index is 0.126. The molecule has 1 aromatic carbocycles. The summed E-state index contributed by atoms with van der Waals surface area (Å²) in [4.78, 5) is 22.0. The normalized spacial score (nSPS) is 10.3. The predicted molar refractivity (Wildman–Crippen MR) is 81.4 cm³/mol. The van der Waals surface area contributed by atoms with Crippen molar-refractivity contribution in [1.29, 1.82) is 0 Å². The number of aromatic hydroxyl groups is 1. The number of anilines is 1. The van der Waals surface area contributed by atoms with Gasteiger partial charge in [0.15, 0.2) is 5.69 Å². The number of carbonyl (C=O) groups is 1. The Kier molecular flexibility index (Phi) is 7.21. The molecule has 0 heterocycles. The van der Waals surface area contributed by atoms with Gasteiger partial charge in [0.05, 0.1) is 4.92 Å². The minimum Gasteiger partial charge on any atom is -0.505 e. The van der Waals surface area contributed by atoms with Crippen LogP contribution >= 0.6 is 0 Å². The molecule has 0 aliphatic rings. The molecule has 1 rings (SSSR count). The number of para-hydroxylation sites is 1. The van der Waals surface area contributed by atoms with Crippen LogP contribution in [-0.2, 0) is 4.79 Å². The Labute approximate surface area is 124 Å². The monoisotopic (exact) mass is 294 g/mol. The third kappa shape index (κ3) is 5.81. The summed E-state index contributed by atoms with van der Waals surface area (Å²) in [5, 5.41) is 22.9. The molecule has 0 atom stereocenters. The van der Waals surface area contributed by atoms with Gasteiger partial charge in [-0.05, 0) is 12.5 Å². The van der Waals surface area contributed by atoms with E-state index >= 15 is 0 Å². The molecule has 0 saturated heterocycles. The van der Waals surface area contributed by atoms with Crippen LogP contribution < -0.4 is 5.32 Å². The van der Waals surface area contributed by atoms with E-state index in [-0.39, 0.29) is 23.0 Å². The van der Waals surface area contributed by atoms with Crippen molar-refractivity contribution in [3.63, 3.8) is 0 Å². The largest absolute Gasteiger partial charge is 0.505 e. The zero-order valence-electron chi connectivity index (χ0n) is 12.3. The summed E-state index contributed by atoms with van der Waals surface area (Å²) < 4.78 is 0. The van der Waals surface area contributed by atoms with Crippen LogP contribution in [0.15, 0.2) is 18.2 Å². The van der Waals surface area contributed by atoms with Gasteiger partial charge in [-0.1, -0.05) is 45.1 Å². The zero-order chi connectivity index (χ0) is 15.7. The summed E-state index contributed by atoms with van der Waals surface area (Å²) in [6.45, 7) is 2.15. The van der Waals surface area contributed by atoms with Gasteiger partial charge in [0, 0.05) is 12.5 Å². The van der Waals surface area contributed by atoms with Gasteiger partial charge in [-0.15, -0.1) is 0 Å². The van der Waals surface area contributed by atoms with E-state index in [9.17, 15) is 20.0 Å². The SMILES string of the molecule is CCCCCCCCC(=O)Nc1c(O)cccc1[N+](=O)[O-]. The van der Waals surface area contributed by atoms with Crippen LogP contribution in [0.1, 0.15) is 51.9 Å². The van der Waals surface area contributed by atoms with Crippen molar-refractivity contribution >= 4 is 17.3 Å². The highest BCUT2D eigenvalue weighted by atomic mass is 16.6. The third-order valence-corrected chi connectivity index (χ3v) is 3.24. The third-order valence-electron chi connectivity index (χ3n) is 3.24. The maximum atomic E-state index is 11.8. The number of nitrogens with one attached hydrogen (secondary N) is 1. The van der Waals surface area contributed by atoms with Crippen molar-refractivity contribution in [3.05, 3.63) is 28.3 Å². The molecule has 21 heavy (non-hydrogen) atoms. The average Bonchev–Trinajstić information content (AvgIpc) is 2.44. The fourth-order valence-corrected chi connectivity index (χ4v) is 2.08. The lowest BCUT2D eigenvalue weighted by molar-refractivity contribution is -0.384. The van der Waals surface area contributed by atoms with Crippen molar-refractivity contribution in [2.24, 2.45) is 0 Å². The first-order valence-electron chi connectivity index (χ1n) is 7.32. The van der Waals surface area contributed by atoms with Gasteiger partial charge in [0.25, 0.3) is 5.69 Å². The van der Waals surface area contributed by atoms with Gasteiger partial charge in [-0.25, -0.2) is 0 Å². The lowest BCUT2D eigenvalue weighted by Crippen LogP contribution is -2.12. The number of unbranched alkanes of at least 4 members (excludes halogenated alkanes) is 5. The summed E-state index contributed by atoms with van der Waals surface area (Å²) in [7, 11) is 0. The van der Waals surface area contributed by atoms with Crippen LogP contribution in [0.4, 0.5) is 11.4 Å². The van der Waals surface area contributed by atoms with Crippen LogP contribution in [0, 0.1) is 10.1 Å². The Morgan fingerprint density at radius 1 is 1.24 bits per heavy atom. The molecule has 1 amide bonds. The molecular weight excluding hydrogens is 272 g/mol. The quantitative estimate of drug-likeness (QED) is 0.312. The summed E-state index contributed by atoms with van der Waals surface area (Å²) in [5.74, 6) is -0.601. The van der Waals surface area contributed by atoms with Gasteiger partial charge in [0.1, 0.15) is 5.75 Å². The molecule has 0 radical (unpaired) electrons. The Bertz CT molecular complexity index is 489. The van der Waals surface area contributed by atoms with Gasteiger partial charge >= 0.3 is 0 Å². The molecule has 0 spiro atoms. The number of phenolic OH excluding ortho intramolecular Hbond substituents is 1. The van der Waals surface area contributed by atoms with Crippen LogP contribution in [0.25, 0.3) is 0 Å². The van der Waals surface area contributed by atoms with Crippen molar-refractivity contribution in [1.82, 2.24) is 0 Å². The molecule has 6 nitrogen and oxygen atoms in total. The highest BCUT2D eigenvalue weighted by Gasteiger charge is 2.19. The van der Waals surface area contributed by atoms with Crippen LogP contribution in [0.3, 0.4) is 0 Å². The fraction of sp³-hybridized carbons (Fsp3) is 0.533. The zero-order valence-corrected chi connectivity index (χ0v) is 12.3. The van der Waals surface area contributed by atoms with E-state index in [0.29, 0.717) is 6.42 Å². The molecule has 0 aliphatic heterocycles. The second-order valence-corrected chi connectivity index (χ2v) is 4.99. The molecule has 0 unspecified atom stereocenters. The van der Waals surface area contributed by atoms with Gasteiger partial charge in [-0.2, -0.15) is 0 Å². The maximum Gasteiger partial charge on any atom is 0.296 e. The Morgan fingerprint density at radius 2 is 1.90 bits per heavy atom. The lowest BCUT2D eigenvalue weighted by Gasteiger charge is -2.07. The van der Waals surface area contributed by atoms with Gasteiger partial charge in [-0.3, -0.25) is 14.9 Å². The average molecular weight is 294 g/mol. The highest BCUT2D eigenvalue weighted by molar-refractivity contribution is 5.94. The summed E-state index contributed by atoms with van der Waals surface area (Å²) in [5.41, 5.74) is -0.426. The summed E-state index contributed by atoms with van der Waals surface area (Å²) in [6, 6.07) is 3.93. The summed E-state index contributed by atoms with van der Waals surface area (Å²) >= 11 is 0. The Hall–Kier alpha value is -2.11. The molecule has 0 aliphatic carbocycles. The number of benzene rings is 1. The molecule has 0 bridgehead atoms. The number of amides is 1. The number of phenols is 1. The number of nitro groups is 1. The molecule has 1 aromatic rings. The smallest absolute Gasteiger partial charge is 0.296 e. The first kappa shape index (κ1) is 16.9.